The molecule has 0 saturated heterocycles. The van der Waals surface area contributed by atoms with Gasteiger partial charge in [0.05, 0.1) is 16.4 Å². The van der Waals surface area contributed by atoms with E-state index in [0.29, 0.717) is 6.04 Å². The second-order valence-electron chi connectivity index (χ2n) is 5.63. The first-order chi connectivity index (χ1) is 8.15. The number of halogens is 1. The Morgan fingerprint density at radius 2 is 2.24 bits per heavy atom. The summed E-state index contributed by atoms with van der Waals surface area (Å²) in [5, 5.41) is 8.85. The fourth-order valence-electron chi connectivity index (χ4n) is 3.59. The van der Waals surface area contributed by atoms with E-state index in [-0.39, 0.29) is 0 Å². The van der Waals surface area contributed by atoms with E-state index >= 15 is 0 Å². The van der Waals surface area contributed by atoms with E-state index in [1.54, 1.807) is 0 Å². The number of fused-ring (bicyclic) bond motifs is 2. The summed E-state index contributed by atoms with van der Waals surface area (Å²) in [7, 11) is 1.97. The molecular weight excluding hydrogens is 234 g/mol. The van der Waals surface area contributed by atoms with Crippen molar-refractivity contribution in [1.29, 1.82) is 0 Å². The summed E-state index contributed by atoms with van der Waals surface area (Å²) in [4.78, 5) is 0. The molecule has 1 aromatic rings. The molecule has 2 fully saturated rings. The maximum Gasteiger partial charge on any atom is 0.0860 e. The van der Waals surface area contributed by atoms with Gasteiger partial charge in [0.15, 0.2) is 0 Å². The van der Waals surface area contributed by atoms with Gasteiger partial charge in [-0.15, -0.1) is 0 Å². The molecule has 0 aromatic carbocycles. The molecule has 1 heterocycles. The van der Waals surface area contributed by atoms with E-state index in [4.69, 9.17) is 11.6 Å². The van der Waals surface area contributed by atoms with Crippen molar-refractivity contribution >= 4 is 11.6 Å². The van der Waals surface area contributed by atoms with Gasteiger partial charge in [-0.2, -0.15) is 5.10 Å². The summed E-state index contributed by atoms with van der Waals surface area (Å²) in [5.74, 6) is 1.90. The molecule has 0 radical (unpaired) electrons. The molecule has 3 unspecified atom stereocenters. The second-order valence-corrected chi connectivity index (χ2v) is 6.01. The van der Waals surface area contributed by atoms with E-state index in [2.05, 4.69) is 10.4 Å². The van der Waals surface area contributed by atoms with Gasteiger partial charge in [-0.25, -0.2) is 0 Å². The highest BCUT2D eigenvalue weighted by Gasteiger charge is 2.39. The minimum absolute atomic E-state index is 0.708. The lowest BCUT2D eigenvalue weighted by Crippen LogP contribution is -2.34. The highest BCUT2D eigenvalue weighted by Crippen LogP contribution is 2.44. The molecule has 1 aromatic heterocycles. The van der Waals surface area contributed by atoms with Crippen molar-refractivity contribution in [3.63, 3.8) is 0 Å². The highest BCUT2D eigenvalue weighted by molar-refractivity contribution is 6.31. The molecule has 2 bridgehead atoms. The molecule has 0 spiro atoms. The number of hydrogen-bond acceptors (Lipinski definition) is 2. The van der Waals surface area contributed by atoms with Crippen LogP contribution in [0.15, 0.2) is 0 Å². The van der Waals surface area contributed by atoms with Crippen LogP contribution < -0.4 is 5.32 Å². The molecule has 0 amide bonds. The molecule has 2 aliphatic rings. The molecule has 4 heteroatoms. The lowest BCUT2D eigenvalue weighted by atomic mass is 9.95. The zero-order chi connectivity index (χ0) is 12.0. The van der Waals surface area contributed by atoms with E-state index in [1.807, 2.05) is 18.7 Å². The van der Waals surface area contributed by atoms with Gasteiger partial charge in [-0.1, -0.05) is 18.0 Å². The van der Waals surface area contributed by atoms with Crippen molar-refractivity contribution in [1.82, 2.24) is 15.1 Å². The maximum absolute atomic E-state index is 6.26. The first kappa shape index (κ1) is 11.5. The monoisotopic (exact) mass is 253 g/mol. The maximum atomic E-state index is 6.26. The van der Waals surface area contributed by atoms with Gasteiger partial charge in [-0.05, 0) is 38.0 Å². The number of hydrogen-bond donors (Lipinski definition) is 1. The second kappa shape index (κ2) is 4.29. The molecule has 3 rings (SSSR count). The van der Waals surface area contributed by atoms with Gasteiger partial charge in [-0.3, -0.25) is 4.68 Å². The van der Waals surface area contributed by atoms with Gasteiger partial charge < -0.3 is 5.32 Å². The number of nitrogens with zero attached hydrogens (tertiary/aromatic N) is 2. The number of rotatable bonds is 3. The third-order valence-corrected chi connectivity index (χ3v) is 5.02. The van der Waals surface area contributed by atoms with Crippen molar-refractivity contribution in [2.75, 3.05) is 0 Å². The van der Waals surface area contributed by atoms with Gasteiger partial charge in [0, 0.05) is 19.6 Å². The summed E-state index contributed by atoms with van der Waals surface area (Å²) in [5.41, 5.74) is 2.05. The molecule has 2 saturated carbocycles. The number of nitrogens with one attached hydrogen (secondary N) is 1. The van der Waals surface area contributed by atoms with E-state index in [0.717, 1.165) is 34.8 Å². The summed E-state index contributed by atoms with van der Waals surface area (Å²) in [6, 6.07) is 0.708. The topological polar surface area (TPSA) is 29.9 Å². The summed E-state index contributed by atoms with van der Waals surface area (Å²) in [6.45, 7) is 2.81. The number of aryl methyl sites for hydroxylation is 2. The van der Waals surface area contributed by atoms with Crippen LogP contribution in [-0.2, 0) is 13.6 Å². The average molecular weight is 254 g/mol. The Labute approximate surface area is 108 Å². The Kier molecular flexibility index (Phi) is 2.91. The minimum Gasteiger partial charge on any atom is -0.308 e. The highest BCUT2D eigenvalue weighted by atomic mass is 35.5. The van der Waals surface area contributed by atoms with Crippen molar-refractivity contribution in [3.8, 4) is 0 Å². The van der Waals surface area contributed by atoms with Crippen LogP contribution >= 0.6 is 11.6 Å². The van der Waals surface area contributed by atoms with Crippen molar-refractivity contribution in [3.05, 3.63) is 16.4 Å². The predicted octanol–water partition coefficient (Wildman–Crippen LogP) is 2.66. The first-order valence-corrected chi connectivity index (χ1v) is 6.94. The normalized spacial score (nSPS) is 31.4. The van der Waals surface area contributed by atoms with Gasteiger partial charge >= 0.3 is 0 Å². The third kappa shape index (κ3) is 2.00. The molecule has 17 heavy (non-hydrogen) atoms. The van der Waals surface area contributed by atoms with Crippen LogP contribution in [0.3, 0.4) is 0 Å². The van der Waals surface area contributed by atoms with Gasteiger partial charge in [0.25, 0.3) is 0 Å². The molecular formula is C13H20ClN3. The van der Waals surface area contributed by atoms with Gasteiger partial charge in [0.2, 0.25) is 0 Å². The van der Waals surface area contributed by atoms with Crippen LogP contribution in [0.2, 0.25) is 5.02 Å². The van der Waals surface area contributed by atoms with Crippen molar-refractivity contribution in [2.24, 2.45) is 18.9 Å². The Hall–Kier alpha value is -0.540. The average Bonchev–Trinajstić information content (AvgIpc) is 2.95. The SMILES string of the molecule is Cc1nn(C)c(CNC2CC3CCC2C3)c1Cl. The standard InChI is InChI=1S/C13H20ClN3/c1-8-13(14)12(17(2)16-8)7-15-11-6-9-3-4-10(11)5-9/h9-11,15H,3-7H2,1-2H3. The Bertz CT molecular complexity index is 427. The lowest BCUT2D eigenvalue weighted by Gasteiger charge is -2.23. The third-order valence-electron chi connectivity index (χ3n) is 4.53. The van der Waals surface area contributed by atoms with Crippen molar-refractivity contribution in [2.45, 2.75) is 45.2 Å². The quantitative estimate of drug-likeness (QED) is 0.898. The molecule has 3 nitrogen and oxygen atoms in total. The Morgan fingerprint density at radius 3 is 2.76 bits per heavy atom. The zero-order valence-corrected chi connectivity index (χ0v) is 11.3. The number of aromatic nitrogens is 2. The van der Waals surface area contributed by atoms with Crippen LogP contribution in [0.5, 0.6) is 0 Å². The van der Waals surface area contributed by atoms with E-state index in [1.165, 1.54) is 25.7 Å². The fraction of sp³-hybridized carbons (Fsp3) is 0.769. The smallest absolute Gasteiger partial charge is 0.0860 e. The summed E-state index contributed by atoms with van der Waals surface area (Å²) < 4.78 is 1.90. The van der Waals surface area contributed by atoms with Crippen LogP contribution in [0.1, 0.15) is 37.1 Å². The van der Waals surface area contributed by atoms with Gasteiger partial charge in [0.1, 0.15) is 0 Å². The fourth-order valence-corrected chi connectivity index (χ4v) is 3.82. The molecule has 0 aliphatic heterocycles. The van der Waals surface area contributed by atoms with Crippen LogP contribution in [0.25, 0.3) is 0 Å². The van der Waals surface area contributed by atoms with Crippen LogP contribution in [0, 0.1) is 18.8 Å². The van der Waals surface area contributed by atoms with Crippen LogP contribution in [0.4, 0.5) is 0 Å². The Balaban J connectivity index is 1.64. The van der Waals surface area contributed by atoms with E-state index < -0.39 is 0 Å². The molecule has 1 N–H and O–H groups in total. The molecule has 3 atom stereocenters. The Morgan fingerprint density at radius 1 is 1.41 bits per heavy atom. The largest absolute Gasteiger partial charge is 0.308 e. The summed E-state index contributed by atoms with van der Waals surface area (Å²) >= 11 is 6.26. The zero-order valence-electron chi connectivity index (χ0n) is 10.5. The van der Waals surface area contributed by atoms with E-state index in [9.17, 15) is 0 Å². The lowest BCUT2D eigenvalue weighted by molar-refractivity contribution is 0.347. The first-order valence-electron chi connectivity index (χ1n) is 6.56. The van der Waals surface area contributed by atoms with Crippen LogP contribution in [-0.4, -0.2) is 15.8 Å². The van der Waals surface area contributed by atoms with Crippen molar-refractivity contribution < 1.29 is 0 Å². The summed E-state index contributed by atoms with van der Waals surface area (Å²) in [6.07, 6.45) is 5.67. The molecule has 2 aliphatic carbocycles. The molecule has 94 valence electrons. The minimum atomic E-state index is 0.708. The predicted molar refractivity (Wildman–Crippen MR) is 69.0 cm³/mol.